The van der Waals surface area contributed by atoms with Crippen molar-refractivity contribution in [2.45, 2.75) is 27.7 Å². The minimum absolute atomic E-state index is 0.773. The molecule has 2 heteroatoms. The fourth-order valence-electron chi connectivity index (χ4n) is 1.99. The molecule has 0 saturated heterocycles. The molecule has 0 bridgehead atoms. The maximum atomic E-state index is 6.75. The van der Waals surface area contributed by atoms with E-state index in [1.54, 1.807) is 0 Å². The molecule has 18 heavy (non-hydrogen) atoms. The van der Waals surface area contributed by atoms with Crippen molar-refractivity contribution in [1.82, 2.24) is 0 Å². The first-order chi connectivity index (χ1) is 8.49. The second-order valence-electron chi connectivity index (χ2n) is 4.86. The van der Waals surface area contributed by atoms with E-state index in [2.05, 4.69) is 64.1 Å². The zero-order chi connectivity index (χ0) is 13.3. The Kier molecular flexibility index (Phi) is 4.10. The van der Waals surface area contributed by atoms with E-state index >= 15 is 0 Å². The number of hydrogen-bond donors (Lipinski definition) is 0. The van der Waals surface area contributed by atoms with Crippen LogP contribution in [0.2, 0.25) is 0 Å². The van der Waals surface area contributed by atoms with E-state index in [0.29, 0.717) is 0 Å². The van der Waals surface area contributed by atoms with Crippen LogP contribution in [0.15, 0.2) is 36.4 Å². The fraction of sp³-hybridized carbons (Fsp3) is 0.250. The third-order valence-electron chi connectivity index (χ3n) is 3.15. The van der Waals surface area contributed by atoms with Crippen LogP contribution >= 0.6 is 18.5 Å². The first-order valence-electron chi connectivity index (χ1n) is 6.09. The van der Waals surface area contributed by atoms with Gasteiger partial charge in [0.25, 0.3) is 0 Å². The lowest BCUT2D eigenvalue weighted by molar-refractivity contribution is 1.42. The van der Waals surface area contributed by atoms with Gasteiger partial charge in [0.15, 0.2) is 0 Å². The van der Waals surface area contributed by atoms with Gasteiger partial charge in [0.1, 0.15) is 0 Å². The van der Waals surface area contributed by atoms with Gasteiger partial charge in [-0.2, -0.15) is 0 Å². The highest BCUT2D eigenvalue weighted by Crippen LogP contribution is 2.41. The number of aryl methyl sites for hydroxylation is 4. The van der Waals surface area contributed by atoms with Gasteiger partial charge in [-0.25, -0.2) is 0 Å². The summed E-state index contributed by atoms with van der Waals surface area (Å²) in [5.41, 5.74) is 5.10. The second-order valence-corrected chi connectivity index (χ2v) is 7.40. The van der Waals surface area contributed by atoms with Crippen molar-refractivity contribution in [3.05, 3.63) is 58.7 Å². The van der Waals surface area contributed by atoms with Crippen LogP contribution in [-0.2, 0) is 0 Å². The molecular formula is C16H18ClP. The summed E-state index contributed by atoms with van der Waals surface area (Å²) >= 11 is 6.75. The molecule has 0 heterocycles. The Morgan fingerprint density at radius 2 is 1.11 bits per heavy atom. The van der Waals surface area contributed by atoms with E-state index < -0.39 is 7.27 Å². The van der Waals surface area contributed by atoms with Gasteiger partial charge in [0.05, 0.1) is 7.27 Å². The highest BCUT2D eigenvalue weighted by molar-refractivity contribution is 7.95. The SMILES string of the molecule is Cc1ccc(C)c(P(Cl)c2cc(C)ccc2C)c1. The standard InChI is InChI=1S/C16H18ClP/c1-11-5-7-13(3)15(9-11)18(17)16-10-12(2)6-8-14(16)4/h5-10H,1-4H3. The highest BCUT2D eigenvalue weighted by Gasteiger charge is 2.15. The monoisotopic (exact) mass is 276 g/mol. The summed E-state index contributed by atoms with van der Waals surface area (Å²) in [4.78, 5) is 0. The Morgan fingerprint density at radius 3 is 1.50 bits per heavy atom. The summed E-state index contributed by atoms with van der Waals surface area (Å²) in [7, 11) is -0.773. The van der Waals surface area contributed by atoms with Crippen molar-refractivity contribution in [3.8, 4) is 0 Å². The molecule has 0 nitrogen and oxygen atoms in total. The van der Waals surface area contributed by atoms with Crippen LogP contribution in [-0.4, -0.2) is 0 Å². The van der Waals surface area contributed by atoms with E-state index in [4.69, 9.17) is 11.2 Å². The molecule has 0 N–H and O–H groups in total. The first-order valence-corrected chi connectivity index (χ1v) is 8.34. The summed E-state index contributed by atoms with van der Waals surface area (Å²) in [6.45, 7) is 8.51. The summed E-state index contributed by atoms with van der Waals surface area (Å²) < 4.78 is 0. The lowest BCUT2D eigenvalue weighted by Gasteiger charge is -2.16. The Morgan fingerprint density at radius 1 is 0.722 bits per heavy atom. The molecule has 0 fully saturated rings. The number of benzene rings is 2. The second kappa shape index (κ2) is 5.43. The van der Waals surface area contributed by atoms with Crippen molar-refractivity contribution in [1.29, 1.82) is 0 Å². The summed E-state index contributed by atoms with van der Waals surface area (Å²) in [5.74, 6) is 0. The average Bonchev–Trinajstić information content (AvgIpc) is 2.34. The topological polar surface area (TPSA) is 0 Å². The van der Waals surface area contributed by atoms with E-state index in [-0.39, 0.29) is 0 Å². The normalized spacial score (nSPS) is 11.0. The molecule has 2 aromatic rings. The Hall–Kier alpha value is -0.840. The number of rotatable bonds is 2. The third-order valence-corrected chi connectivity index (χ3v) is 6.05. The van der Waals surface area contributed by atoms with Gasteiger partial charge in [-0.1, -0.05) is 46.6 Å². The molecule has 0 saturated carbocycles. The first kappa shape index (κ1) is 13.6. The molecule has 0 atom stereocenters. The Bertz CT molecular complexity index is 524. The minimum atomic E-state index is -0.773. The minimum Gasteiger partial charge on any atom is -0.0858 e. The molecule has 2 aromatic carbocycles. The van der Waals surface area contributed by atoms with Crippen molar-refractivity contribution < 1.29 is 0 Å². The highest BCUT2D eigenvalue weighted by atomic mass is 35.7. The van der Waals surface area contributed by atoms with Gasteiger partial charge in [0, 0.05) is 0 Å². The van der Waals surface area contributed by atoms with Crippen LogP contribution in [0, 0.1) is 27.7 Å². The molecular weight excluding hydrogens is 259 g/mol. The van der Waals surface area contributed by atoms with E-state index in [0.717, 1.165) is 0 Å². The number of halogens is 1. The van der Waals surface area contributed by atoms with Crippen molar-refractivity contribution >= 4 is 29.1 Å². The molecule has 2 rings (SSSR count). The van der Waals surface area contributed by atoms with E-state index in [1.165, 1.54) is 32.9 Å². The summed E-state index contributed by atoms with van der Waals surface area (Å²) in [6.07, 6.45) is 0. The maximum Gasteiger partial charge on any atom is 0.0529 e. The van der Waals surface area contributed by atoms with Gasteiger partial charge in [-0.05, 0) is 61.6 Å². The molecule has 0 radical (unpaired) electrons. The smallest absolute Gasteiger partial charge is 0.0529 e. The zero-order valence-corrected chi connectivity index (χ0v) is 12.9. The molecule has 0 aliphatic rings. The van der Waals surface area contributed by atoms with E-state index in [1.807, 2.05) is 0 Å². The molecule has 0 amide bonds. The van der Waals surface area contributed by atoms with Crippen LogP contribution in [0.5, 0.6) is 0 Å². The lowest BCUT2D eigenvalue weighted by atomic mass is 10.2. The van der Waals surface area contributed by atoms with Crippen molar-refractivity contribution in [2.75, 3.05) is 0 Å². The summed E-state index contributed by atoms with van der Waals surface area (Å²) in [6, 6.07) is 13.0. The predicted molar refractivity (Wildman–Crippen MR) is 83.9 cm³/mol. The molecule has 0 aromatic heterocycles. The van der Waals surface area contributed by atoms with Crippen LogP contribution in [0.4, 0.5) is 0 Å². The molecule has 0 spiro atoms. The van der Waals surface area contributed by atoms with Crippen LogP contribution in [0.3, 0.4) is 0 Å². The van der Waals surface area contributed by atoms with Gasteiger partial charge >= 0.3 is 0 Å². The van der Waals surface area contributed by atoms with Gasteiger partial charge in [-0.3, -0.25) is 0 Å². The quantitative estimate of drug-likeness (QED) is 0.708. The predicted octanol–water partition coefficient (Wildman–Crippen LogP) is 4.51. The van der Waals surface area contributed by atoms with Crippen molar-refractivity contribution in [2.24, 2.45) is 0 Å². The maximum absolute atomic E-state index is 6.75. The third kappa shape index (κ3) is 2.76. The Balaban J connectivity index is 2.50. The lowest BCUT2D eigenvalue weighted by Crippen LogP contribution is -2.14. The summed E-state index contributed by atoms with van der Waals surface area (Å²) in [5, 5.41) is 2.56. The molecule has 0 aliphatic heterocycles. The molecule has 0 unspecified atom stereocenters. The fourth-order valence-corrected chi connectivity index (χ4v) is 4.75. The average molecular weight is 277 g/mol. The van der Waals surface area contributed by atoms with Gasteiger partial charge < -0.3 is 0 Å². The van der Waals surface area contributed by atoms with Crippen molar-refractivity contribution in [3.63, 3.8) is 0 Å². The molecule has 94 valence electrons. The van der Waals surface area contributed by atoms with Gasteiger partial charge in [0.2, 0.25) is 0 Å². The van der Waals surface area contributed by atoms with Crippen LogP contribution in [0.1, 0.15) is 22.3 Å². The van der Waals surface area contributed by atoms with Crippen LogP contribution in [0.25, 0.3) is 0 Å². The molecule has 0 aliphatic carbocycles. The van der Waals surface area contributed by atoms with Crippen LogP contribution < -0.4 is 10.6 Å². The van der Waals surface area contributed by atoms with Gasteiger partial charge in [-0.15, -0.1) is 0 Å². The van der Waals surface area contributed by atoms with E-state index in [9.17, 15) is 0 Å². The zero-order valence-electron chi connectivity index (χ0n) is 11.3. The largest absolute Gasteiger partial charge is 0.0858 e. The number of hydrogen-bond acceptors (Lipinski definition) is 0. The Labute approximate surface area is 116 Å².